The van der Waals surface area contributed by atoms with Crippen molar-refractivity contribution in [2.75, 3.05) is 35.0 Å². The van der Waals surface area contributed by atoms with Crippen LogP contribution in [0.5, 0.6) is 5.75 Å². The van der Waals surface area contributed by atoms with E-state index in [0.717, 1.165) is 52.9 Å². The number of aryl methyl sites for hydroxylation is 1. The van der Waals surface area contributed by atoms with Gasteiger partial charge in [0.25, 0.3) is 5.91 Å². The lowest BCUT2D eigenvalue weighted by atomic mass is 9.86. The summed E-state index contributed by atoms with van der Waals surface area (Å²) in [7, 11) is -2.17. The number of ether oxygens (including phenoxy) is 2. The quantitative estimate of drug-likeness (QED) is 0.204. The van der Waals surface area contributed by atoms with Gasteiger partial charge in [-0.05, 0) is 61.1 Å². The van der Waals surface area contributed by atoms with Crippen LogP contribution in [0.3, 0.4) is 0 Å². The van der Waals surface area contributed by atoms with Crippen molar-refractivity contribution in [3.8, 4) is 5.75 Å². The first-order valence-corrected chi connectivity index (χ1v) is 16.4. The third-order valence-electron chi connectivity index (χ3n) is 7.25. The molecule has 13 heteroatoms. The lowest BCUT2D eigenvalue weighted by molar-refractivity contribution is 0.0654. The molecule has 4 N–H and O–H groups in total. The van der Waals surface area contributed by atoms with E-state index in [1.165, 1.54) is 7.11 Å². The van der Waals surface area contributed by atoms with Gasteiger partial charge >= 0.3 is 0 Å². The third-order valence-corrected chi connectivity index (χ3v) is 7.84. The second kappa shape index (κ2) is 13.3. The van der Waals surface area contributed by atoms with Gasteiger partial charge in [-0.15, -0.1) is 5.53 Å². The van der Waals surface area contributed by atoms with E-state index in [2.05, 4.69) is 33.0 Å². The van der Waals surface area contributed by atoms with E-state index in [9.17, 15) is 13.2 Å². The van der Waals surface area contributed by atoms with Gasteiger partial charge in [0.1, 0.15) is 6.73 Å². The van der Waals surface area contributed by atoms with Crippen LogP contribution in [-0.2, 0) is 26.9 Å². The summed E-state index contributed by atoms with van der Waals surface area (Å²) < 4.78 is 39.8. The Morgan fingerprint density at radius 3 is 2.50 bits per heavy atom. The highest BCUT2D eigenvalue weighted by Gasteiger charge is 2.24. The average molecular weight is 626 g/mol. The van der Waals surface area contributed by atoms with E-state index in [4.69, 9.17) is 9.47 Å². The fourth-order valence-electron chi connectivity index (χ4n) is 4.67. The lowest BCUT2D eigenvalue weighted by Gasteiger charge is -2.24. The third kappa shape index (κ3) is 7.71. The molecular formula is C31H43N7O5S. The van der Waals surface area contributed by atoms with Gasteiger partial charge in [-0.1, -0.05) is 40.2 Å². The van der Waals surface area contributed by atoms with Crippen LogP contribution in [0.15, 0.2) is 42.7 Å². The number of hydrogen-bond acceptors (Lipinski definition) is 9. The van der Waals surface area contributed by atoms with Crippen LogP contribution >= 0.6 is 0 Å². The molecular weight excluding hydrogens is 582 g/mol. The van der Waals surface area contributed by atoms with Crippen molar-refractivity contribution in [3.05, 3.63) is 70.7 Å². The summed E-state index contributed by atoms with van der Waals surface area (Å²) in [6.45, 7) is 13.2. The predicted octanol–water partition coefficient (Wildman–Crippen LogP) is 5.03. The summed E-state index contributed by atoms with van der Waals surface area (Å²) in [5.41, 5.74) is 12.3. The number of hydrogen-bond donors (Lipinski definition) is 4. The summed E-state index contributed by atoms with van der Waals surface area (Å²) in [6, 6.07) is 8.92. The number of unbranched alkanes of at least 4 members (excludes halogenated alkanes) is 1. The van der Waals surface area contributed by atoms with E-state index in [0.29, 0.717) is 24.6 Å². The van der Waals surface area contributed by atoms with Crippen LogP contribution in [0, 0.1) is 13.8 Å². The van der Waals surface area contributed by atoms with Crippen LogP contribution < -0.4 is 30.7 Å². The number of hydrazine groups is 2. The molecule has 0 radical (unpaired) electrons. The minimum Gasteiger partial charge on any atom is -0.492 e. The van der Waals surface area contributed by atoms with E-state index >= 15 is 0 Å². The van der Waals surface area contributed by atoms with Crippen LogP contribution in [0.1, 0.15) is 73.3 Å². The summed E-state index contributed by atoms with van der Waals surface area (Å²) in [6.07, 6.45) is 6.86. The van der Waals surface area contributed by atoms with Crippen molar-refractivity contribution in [3.63, 3.8) is 0 Å². The number of carbonyl (C=O) groups is 1. The molecule has 0 fully saturated rings. The zero-order chi connectivity index (χ0) is 32.2. The Labute approximate surface area is 259 Å². The molecule has 0 saturated carbocycles. The zero-order valence-electron chi connectivity index (χ0n) is 26.7. The first-order chi connectivity index (χ1) is 20.7. The van der Waals surface area contributed by atoms with E-state index in [1.54, 1.807) is 30.5 Å². The lowest BCUT2D eigenvalue weighted by Crippen LogP contribution is -2.36. The Bertz CT molecular complexity index is 1660. The monoisotopic (exact) mass is 625 g/mol. The van der Waals surface area contributed by atoms with Gasteiger partial charge in [-0.2, -0.15) is 5.10 Å². The smallest absolute Gasteiger partial charge is 0.255 e. The van der Waals surface area contributed by atoms with Crippen molar-refractivity contribution in [2.45, 2.75) is 66.5 Å². The molecule has 3 aromatic rings. The van der Waals surface area contributed by atoms with Crippen molar-refractivity contribution in [2.24, 2.45) is 0 Å². The maximum Gasteiger partial charge on any atom is 0.255 e. The number of carbonyl (C=O) groups excluding carboxylic acids is 1. The van der Waals surface area contributed by atoms with E-state index in [1.807, 2.05) is 56.6 Å². The van der Waals surface area contributed by atoms with Gasteiger partial charge in [0, 0.05) is 29.6 Å². The molecule has 0 spiro atoms. The van der Waals surface area contributed by atoms with Crippen LogP contribution in [0.25, 0.3) is 5.70 Å². The predicted molar refractivity (Wildman–Crippen MR) is 174 cm³/mol. The first kappa shape index (κ1) is 32.8. The van der Waals surface area contributed by atoms with E-state index in [-0.39, 0.29) is 22.8 Å². The topological polar surface area (TPSA) is 139 Å². The molecule has 12 nitrogen and oxygen atoms in total. The number of benzene rings is 2. The van der Waals surface area contributed by atoms with Crippen LogP contribution in [0.2, 0.25) is 0 Å². The molecule has 4 rings (SSSR count). The van der Waals surface area contributed by atoms with E-state index < -0.39 is 10.0 Å². The van der Waals surface area contributed by atoms with Crippen LogP contribution in [0.4, 0.5) is 17.1 Å². The largest absolute Gasteiger partial charge is 0.492 e. The normalized spacial score (nSPS) is 13.5. The van der Waals surface area contributed by atoms with Gasteiger partial charge in [-0.3, -0.25) is 14.5 Å². The Kier molecular flexibility index (Phi) is 9.91. The second-order valence-electron chi connectivity index (χ2n) is 11.9. The molecule has 1 aliphatic heterocycles. The van der Waals surface area contributed by atoms with Gasteiger partial charge in [0.2, 0.25) is 10.0 Å². The Morgan fingerprint density at radius 2 is 1.84 bits per heavy atom. The number of sulfonamides is 1. The SMILES string of the molecule is CCCCOCn1ncc(C2=CN(c3cc(C(=O)Nc4cc(C(C)(C)C)cc(NS(C)(=O)=O)c4OC)ccc3C)NN2)c1C. The first-order valence-electron chi connectivity index (χ1n) is 14.5. The van der Waals surface area contributed by atoms with Gasteiger partial charge < -0.3 is 20.2 Å². The molecule has 238 valence electrons. The minimum atomic E-state index is -3.60. The highest BCUT2D eigenvalue weighted by atomic mass is 32.2. The molecule has 1 aromatic heterocycles. The Hall–Kier alpha value is -4.07. The molecule has 0 aliphatic carbocycles. The summed E-state index contributed by atoms with van der Waals surface area (Å²) in [4.78, 5) is 13.6. The number of rotatable bonds is 12. The van der Waals surface area contributed by atoms with Gasteiger partial charge in [0.05, 0.1) is 42.3 Å². The fourth-order valence-corrected chi connectivity index (χ4v) is 5.23. The summed E-state index contributed by atoms with van der Waals surface area (Å²) in [5, 5.41) is 9.22. The molecule has 0 saturated heterocycles. The zero-order valence-corrected chi connectivity index (χ0v) is 27.5. The average Bonchev–Trinajstić information content (AvgIpc) is 3.56. The summed E-state index contributed by atoms with van der Waals surface area (Å²) in [5.74, 6) is -0.161. The molecule has 0 bridgehead atoms. The Balaban J connectivity index is 1.59. The molecule has 1 aliphatic rings. The van der Waals surface area contributed by atoms with Crippen molar-refractivity contribution in [1.29, 1.82) is 0 Å². The highest BCUT2D eigenvalue weighted by molar-refractivity contribution is 7.92. The summed E-state index contributed by atoms with van der Waals surface area (Å²) >= 11 is 0. The van der Waals surface area contributed by atoms with Crippen molar-refractivity contribution in [1.82, 2.24) is 20.7 Å². The number of methoxy groups -OCH3 is 1. The fraction of sp³-hybridized carbons (Fsp3) is 0.419. The van der Waals surface area contributed by atoms with Crippen molar-refractivity contribution < 1.29 is 22.7 Å². The molecule has 0 unspecified atom stereocenters. The van der Waals surface area contributed by atoms with Crippen molar-refractivity contribution >= 4 is 38.7 Å². The molecule has 2 heterocycles. The van der Waals surface area contributed by atoms with Gasteiger partial charge in [-0.25, -0.2) is 13.1 Å². The number of amides is 1. The number of nitrogens with one attached hydrogen (secondary N) is 4. The standard InChI is InChI=1S/C31H43N7O5S/c1-9-10-13-43-19-38-21(3)24(17-32-38)27-18-37(36-34-27)28-14-22(12-11-20(28)2)30(39)33-25-15-23(31(4,5)6)16-26(29(25)42-7)35-44(8,40)41/h11-12,14-18,34-36H,9-10,13,19H2,1-8H3,(H,33,39). The Morgan fingerprint density at radius 1 is 1.11 bits per heavy atom. The second-order valence-corrected chi connectivity index (χ2v) is 13.6. The van der Waals surface area contributed by atoms with Gasteiger partial charge in [0.15, 0.2) is 5.75 Å². The number of anilines is 3. The minimum absolute atomic E-state index is 0.216. The van der Waals surface area contributed by atoms with Crippen LogP contribution in [-0.4, -0.2) is 44.1 Å². The molecule has 2 aromatic carbocycles. The maximum atomic E-state index is 13.6. The molecule has 1 amide bonds. The molecule has 44 heavy (non-hydrogen) atoms. The number of aromatic nitrogens is 2. The number of nitrogens with zero attached hydrogens (tertiary/aromatic N) is 3. The highest BCUT2D eigenvalue weighted by Crippen LogP contribution is 2.39. The molecule has 0 atom stereocenters. The maximum absolute atomic E-state index is 13.6.